The number of benzene rings is 1. The predicted molar refractivity (Wildman–Crippen MR) is 95.4 cm³/mol. The highest BCUT2D eigenvalue weighted by atomic mass is 32.1. The molecule has 134 valence electrons. The van der Waals surface area contributed by atoms with Gasteiger partial charge in [-0.1, -0.05) is 6.07 Å². The first-order valence-electron chi connectivity index (χ1n) is 7.64. The van der Waals surface area contributed by atoms with Crippen molar-refractivity contribution in [1.29, 1.82) is 0 Å². The Morgan fingerprint density at radius 2 is 1.80 bits per heavy atom. The number of thiophene rings is 1. The standard InChI is InChI=1S/C18H21NO5S/c1-11-5-8-16(25-11)18(21)19-13(10-17(20)24-4)12-6-7-14(22-2)15(9-12)23-3/h5-9,13H,10H2,1-4H3,(H,19,21). The van der Waals surface area contributed by atoms with Crippen molar-refractivity contribution >= 4 is 23.2 Å². The zero-order valence-corrected chi connectivity index (χ0v) is 15.4. The van der Waals surface area contributed by atoms with Crippen LogP contribution in [0, 0.1) is 6.92 Å². The Bertz CT molecular complexity index is 756. The van der Waals surface area contributed by atoms with Gasteiger partial charge in [0.2, 0.25) is 0 Å². The predicted octanol–water partition coefficient (Wildman–Crippen LogP) is 3.11. The SMILES string of the molecule is COC(=O)CC(NC(=O)c1ccc(C)s1)c1ccc(OC)c(OC)c1. The molecule has 0 aliphatic rings. The first-order chi connectivity index (χ1) is 12.0. The largest absolute Gasteiger partial charge is 0.493 e. The zero-order chi connectivity index (χ0) is 18.4. The number of rotatable bonds is 7. The molecule has 25 heavy (non-hydrogen) atoms. The Morgan fingerprint density at radius 1 is 1.08 bits per heavy atom. The smallest absolute Gasteiger partial charge is 0.307 e. The summed E-state index contributed by atoms with van der Waals surface area (Å²) in [5.41, 5.74) is 0.727. The van der Waals surface area contributed by atoms with Gasteiger partial charge in [-0.15, -0.1) is 11.3 Å². The summed E-state index contributed by atoms with van der Waals surface area (Å²) in [5.74, 6) is 0.448. The Hall–Kier alpha value is -2.54. The van der Waals surface area contributed by atoms with E-state index in [0.29, 0.717) is 16.4 Å². The van der Waals surface area contributed by atoms with Gasteiger partial charge in [0, 0.05) is 4.88 Å². The fourth-order valence-corrected chi connectivity index (χ4v) is 3.13. The van der Waals surface area contributed by atoms with Crippen molar-refractivity contribution in [2.75, 3.05) is 21.3 Å². The molecule has 1 unspecified atom stereocenters. The van der Waals surface area contributed by atoms with Crippen LogP contribution in [0.15, 0.2) is 30.3 Å². The maximum Gasteiger partial charge on any atom is 0.307 e. The van der Waals surface area contributed by atoms with Gasteiger partial charge in [-0.25, -0.2) is 0 Å². The van der Waals surface area contributed by atoms with Crippen molar-refractivity contribution in [3.8, 4) is 11.5 Å². The molecular weight excluding hydrogens is 342 g/mol. The van der Waals surface area contributed by atoms with Crippen molar-refractivity contribution in [3.63, 3.8) is 0 Å². The number of ether oxygens (including phenoxy) is 3. The summed E-state index contributed by atoms with van der Waals surface area (Å²) in [7, 11) is 4.40. The third-order valence-corrected chi connectivity index (χ3v) is 4.68. The number of carbonyl (C=O) groups is 2. The number of esters is 1. The summed E-state index contributed by atoms with van der Waals surface area (Å²) < 4.78 is 15.3. The van der Waals surface area contributed by atoms with E-state index in [1.165, 1.54) is 25.6 Å². The van der Waals surface area contributed by atoms with Crippen molar-refractivity contribution in [1.82, 2.24) is 5.32 Å². The van der Waals surface area contributed by atoms with Crippen LogP contribution in [0.3, 0.4) is 0 Å². The maximum absolute atomic E-state index is 12.5. The normalized spacial score (nSPS) is 11.5. The van der Waals surface area contributed by atoms with E-state index in [9.17, 15) is 9.59 Å². The molecule has 1 heterocycles. The average molecular weight is 363 g/mol. The van der Waals surface area contributed by atoms with Crippen molar-refractivity contribution in [3.05, 3.63) is 45.6 Å². The summed E-state index contributed by atoms with van der Waals surface area (Å²) in [4.78, 5) is 25.9. The minimum atomic E-state index is -0.540. The third kappa shape index (κ3) is 4.73. The molecule has 1 aromatic heterocycles. The number of carbonyl (C=O) groups excluding carboxylic acids is 2. The van der Waals surface area contributed by atoms with Gasteiger partial charge >= 0.3 is 5.97 Å². The van der Waals surface area contributed by atoms with Crippen LogP contribution >= 0.6 is 11.3 Å². The van der Waals surface area contributed by atoms with Gasteiger partial charge in [0.1, 0.15) is 0 Å². The highest BCUT2D eigenvalue weighted by molar-refractivity contribution is 7.13. The van der Waals surface area contributed by atoms with Crippen molar-refractivity contribution in [2.45, 2.75) is 19.4 Å². The Morgan fingerprint density at radius 3 is 2.36 bits per heavy atom. The Balaban J connectivity index is 2.29. The minimum absolute atomic E-state index is 0.0160. The molecule has 0 fully saturated rings. The number of amides is 1. The van der Waals surface area contributed by atoms with Gasteiger partial charge in [-0.05, 0) is 36.8 Å². The molecule has 6 nitrogen and oxygen atoms in total. The van der Waals surface area contributed by atoms with E-state index in [2.05, 4.69) is 5.32 Å². The highest BCUT2D eigenvalue weighted by Gasteiger charge is 2.22. The fraction of sp³-hybridized carbons (Fsp3) is 0.333. The van der Waals surface area contributed by atoms with Crippen molar-refractivity contribution in [2.24, 2.45) is 0 Å². The molecule has 0 bridgehead atoms. The van der Waals surface area contributed by atoms with Gasteiger partial charge in [-0.3, -0.25) is 9.59 Å². The molecule has 7 heteroatoms. The molecule has 2 aromatic rings. The molecule has 0 aliphatic carbocycles. The van der Waals surface area contributed by atoms with Crippen LogP contribution in [-0.4, -0.2) is 33.2 Å². The molecule has 0 spiro atoms. The number of hydrogen-bond donors (Lipinski definition) is 1. The molecule has 1 amide bonds. The van der Waals surface area contributed by atoms with Gasteiger partial charge in [0.15, 0.2) is 11.5 Å². The molecule has 1 atom stereocenters. The van der Waals surface area contributed by atoms with E-state index in [0.717, 1.165) is 10.4 Å². The monoisotopic (exact) mass is 363 g/mol. The topological polar surface area (TPSA) is 73.9 Å². The van der Waals surface area contributed by atoms with Crippen LogP contribution in [0.5, 0.6) is 11.5 Å². The molecule has 0 radical (unpaired) electrons. The first kappa shape index (κ1) is 18.8. The number of nitrogens with one attached hydrogen (secondary N) is 1. The average Bonchev–Trinajstić information content (AvgIpc) is 3.06. The molecule has 0 saturated heterocycles. The second-order valence-corrected chi connectivity index (χ2v) is 6.62. The molecule has 0 saturated carbocycles. The highest BCUT2D eigenvalue weighted by Crippen LogP contribution is 2.31. The van der Waals surface area contributed by atoms with E-state index in [-0.39, 0.29) is 12.3 Å². The number of aryl methyl sites for hydroxylation is 1. The van der Waals surface area contributed by atoms with Crippen molar-refractivity contribution < 1.29 is 23.8 Å². The van der Waals surface area contributed by atoms with E-state index in [1.807, 2.05) is 13.0 Å². The lowest BCUT2D eigenvalue weighted by atomic mass is 10.0. The molecule has 1 aromatic carbocycles. The second-order valence-electron chi connectivity index (χ2n) is 5.33. The quantitative estimate of drug-likeness (QED) is 0.765. The molecule has 2 rings (SSSR count). The van der Waals surface area contributed by atoms with Crippen LogP contribution in [0.4, 0.5) is 0 Å². The zero-order valence-electron chi connectivity index (χ0n) is 14.6. The fourth-order valence-electron chi connectivity index (χ4n) is 2.36. The van der Waals surface area contributed by atoms with E-state index < -0.39 is 12.0 Å². The Kier molecular flexibility index (Phi) is 6.41. The summed E-state index contributed by atoms with van der Waals surface area (Å²) >= 11 is 1.40. The third-order valence-electron chi connectivity index (χ3n) is 3.68. The summed E-state index contributed by atoms with van der Waals surface area (Å²) in [6.07, 6.45) is 0.0160. The van der Waals surface area contributed by atoms with E-state index >= 15 is 0 Å². The number of methoxy groups -OCH3 is 3. The maximum atomic E-state index is 12.5. The summed E-state index contributed by atoms with van der Waals surface area (Å²) in [5, 5.41) is 2.89. The van der Waals surface area contributed by atoms with Crippen LogP contribution in [0.2, 0.25) is 0 Å². The van der Waals surface area contributed by atoms with E-state index in [4.69, 9.17) is 14.2 Å². The van der Waals surface area contributed by atoms with Crippen LogP contribution in [-0.2, 0) is 9.53 Å². The second kappa shape index (κ2) is 8.53. The molecule has 0 aliphatic heterocycles. The molecule has 1 N–H and O–H groups in total. The minimum Gasteiger partial charge on any atom is -0.493 e. The van der Waals surface area contributed by atoms with Gasteiger partial charge in [0.05, 0.1) is 38.7 Å². The summed E-state index contributed by atoms with van der Waals surface area (Å²) in [6, 6.07) is 8.37. The lowest BCUT2D eigenvalue weighted by Crippen LogP contribution is -2.30. The van der Waals surface area contributed by atoms with Crippen LogP contribution in [0.1, 0.15) is 32.6 Å². The molecular formula is C18H21NO5S. The summed E-state index contributed by atoms with van der Waals surface area (Å²) in [6.45, 7) is 1.93. The van der Waals surface area contributed by atoms with Crippen LogP contribution in [0.25, 0.3) is 0 Å². The first-order valence-corrected chi connectivity index (χ1v) is 8.46. The van der Waals surface area contributed by atoms with E-state index in [1.54, 1.807) is 31.4 Å². The number of hydrogen-bond acceptors (Lipinski definition) is 6. The van der Waals surface area contributed by atoms with Gasteiger partial charge in [0.25, 0.3) is 5.91 Å². The lowest BCUT2D eigenvalue weighted by Gasteiger charge is -2.19. The lowest BCUT2D eigenvalue weighted by molar-refractivity contribution is -0.141. The Labute approximate surface area is 150 Å². The van der Waals surface area contributed by atoms with Gasteiger partial charge < -0.3 is 19.5 Å². The van der Waals surface area contributed by atoms with Crippen LogP contribution < -0.4 is 14.8 Å². The van der Waals surface area contributed by atoms with Gasteiger partial charge in [-0.2, -0.15) is 0 Å².